The minimum atomic E-state index is -0.368. The molecular formula is C20H25N3O2. The van der Waals surface area contributed by atoms with Gasteiger partial charge in [0, 0.05) is 23.0 Å². The number of aromatic nitrogens is 1. The zero-order chi connectivity index (χ0) is 18.6. The first-order chi connectivity index (χ1) is 11.7. The van der Waals surface area contributed by atoms with Gasteiger partial charge in [-0.1, -0.05) is 32.0 Å². The van der Waals surface area contributed by atoms with Crippen molar-refractivity contribution >= 4 is 17.5 Å². The van der Waals surface area contributed by atoms with Crippen molar-refractivity contribution in [2.75, 3.05) is 5.32 Å². The van der Waals surface area contributed by atoms with Gasteiger partial charge in [0.15, 0.2) is 0 Å². The maximum atomic E-state index is 12.6. The van der Waals surface area contributed by atoms with Gasteiger partial charge in [0.25, 0.3) is 11.8 Å². The van der Waals surface area contributed by atoms with Crippen molar-refractivity contribution in [3.63, 3.8) is 0 Å². The molecule has 0 aliphatic carbocycles. The van der Waals surface area contributed by atoms with E-state index in [1.807, 2.05) is 45.0 Å². The smallest absolute Gasteiger partial charge is 0.270 e. The largest absolute Gasteiger partial charge is 0.346 e. The number of rotatable bonds is 4. The molecule has 1 heterocycles. The second-order valence-electron chi connectivity index (χ2n) is 7.33. The van der Waals surface area contributed by atoms with Crippen LogP contribution in [0, 0.1) is 0 Å². The predicted molar refractivity (Wildman–Crippen MR) is 99.9 cm³/mol. The summed E-state index contributed by atoms with van der Waals surface area (Å²) in [5.41, 5.74) is 2.09. The molecule has 0 unspecified atom stereocenters. The molecule has 5 heteroatoms. The molecule has 2 amide bonds. The monoisotopic (exact) mass is 339 g/mol. The fourth-order valence-electron chi connectivity index (χ4n) is 2.41. The van der Waals surface area contributed by atoms with Crippen LogP contribution in [0.3, 0.4) is 0 Å². The standard InChI is InChI=1S/C20H25N3O2/c1-13(2)15-8-6-7-9-16(15)22-18(24)14-10-11-21-17(12-14)19(25)23-20(3,4)5/h6-13H,1-5H3,(H,22,24)(H,23,25). The van der Waals surface area contributed by atoms with Crippen molar-refractivity contribution in [1.29, 1.82) is 0 Å². The van der Waals surface area contributed by atoms with E-state index in [0.29, 0.717) is 11.5 Å². The quantitative estimate of drug-likeness (QED) is 0.885. The summed E-state index contributed by atoms with van der Waals surface area (Å²) in [6, 6.07) is 10.8. The Labute approximate surface area is 148 Å². The summed E-state index contributed by atoms with van der Waals surface area (Å²) in [5, 5.41) is 5.77. The third-order valence-electron chi connectivity index (χ3n) is 3.57. The van der Waals surface area contributed by atoms with Gasteiger partial charge < -0.3 is 10.6 Å². The average molecular weight is 339 g/mol. The Bertz CT molecular complexity index is 777. The summed E-state index contributed by atoms with van der Waals surface area (Å²) in [5.74, 6) is -0.271. The van der Waals surface area contributed by atoms with Crippen molar-refractivity contribution in [1.82, 2.24) is 10.3 Å². The summed E-state index contributed by atoms with van der Waals surface area (Å²) >= 11 is 0. The van der Waals surface area contributed by atoms with Gasteiger partial charge in [-0.05, 0) is 50.5 Å². The van der Waals surface area contributed by atoms with Crippen LogP contribution in [0.5, 0.6) is 0 Å². The minimum absolute atomic E-state index is 0.222. The Hall–Kier alpha value is -2.69. The van der Waals surface area contributed by atoms with Gasteiger partial charge in [-0.15, -0.1) is 0 Å². The van der Waals surface area contributed by atoms with E-state index in [-0.39, 0.29) is 23.0 Å². The maximum Gasteiger partial charge on any atom is 0.270 e. The second-order valence-corrected chi connectivity index (χ2v) is 7.33. The zero-order valence-electron chi connectivity index (χ0n) is 15.4. The average Bonchev–Trinajstić information content (AvgIpc) is 2.53. The van der Waals surface area contributed by atoms with Crippen molar-refractivity contribution in [3.8, 4) is 0 Å². The fraction of sp³-hybridized carbons (Fsp3) is 0.350. The van der Waals surface area contributed by atoms with E-state index in [1.54, 1.807) is 6.07 Å². The van der Waals surface area contributed by atoms with Crippen molar-refractivity contribution in [3.05, 3.63) is 59.4 Å². The number of nitrogens with one attached hydrogen (secondary N) is 2. The van der Waals surface area contributed by atoms with E-state index in [4.69, 9.17) is 0 Å². The number of hydrogen-bond donors (Lipinski definition) is 2. The Balaban J connectivity index is 2.21. The molecule has 0 saturated heterocycles. The third-order valence-corrected chi connectivity index (χ3v) is 3.57. The van der Waals surface area contributed by atoms with Crippen LogP contribution in [0.15, 0.2) is 42.6 Å². The summed E-state index contributed by atoms with van der Waals surface area (Å²) in [6.45, 7) is 9.83. The Morgan fingerprint density at radius 2 is 1.72 bits per heavy atom. The highest BCUT2D eigenvalue weighted by atomic mass is 16.2. The number of nitrogens with zero attached hydrogens (tertiary/aromatic N) is 1. The molecule has 0 atom stereocenters. The normalized spacial score (nSPS) is 11.3. The SMILES string of the molecule is CC(C)c1ccccc1NC(=O)c1ccnc(C(=O)NC(C)(C)C)c1. The number of pyridine rings is 1. The molecule has 1 aromatic heterocycles. The Morgan fingerprint density at radius 1 is 1.04 bits per heavy atom. The van der Waals surface area contributed by atoms with E-state index in [2.05, 4.69) is 29.5 Å². The molecule has 0 aliphatic rings. The summed E-state index contributed by atoms with van der Waals surface area (Å²) < 4.78 is 0. The molecule has 2 rings (SSSR count). The lowest BCUT2D eigenvalue weighted by atomic mass is 10.0. The molecule has 0 fully saturated rings. The lowest BCUT2D eigenvalue weighted by Gasteiger charge is -2.20. The van der Waals surface area contributed by atoms with E-state index >= 15 is 0 Å². The summed E-state index contributed by atoms with van der Waals surface area (Å²) in [7, 11) is 0. The minimum Gasteiger partial charge on any atom is -0.346 e. The summed E-state index contributed by atoms with van der Waals surface area (Å²) in [6.07, 6.45) is 1.47. The van der Waals surface area contributed by atoms with Crippen molar-refractivity contribution in [2.45, 2.75) is 46.1 Å². The highest BCUT2D eigenvalue weighted by molar-refractivity contribution is 6.06. The second kappa shape index (κ2) is 7.47. The fourth-order valence-corrected chi connectivity index (χ4v) is 2.41. The molecule has 0 aliphatic heterocycles. The van der Waals surface area contributed by atoms with Crippen LogP contribution in [0.4, 0.5) is 5.69 Å². The van der Waals surface area contributed by atoms with Gasteiger partial charge in [0.05, 0.1) is 0 Å². The van der Waals surface area contributed by atoms with Crippen LogP contribution in [-0.2, 0) is 0 Å². The summed E-state index contributed by atoms with van der Waals surface area (Å²) in [4.78, 5) is 28.9. The van der Waals surface area contributed by atoms with E-state index < -0.39 is 0 Å². The zero-order valence-corrected chi connectivity index (χ0v) is 15.4. The van der Waals surface area contributed by atoms with Crippen LogP contribution < -0.4 is 10.6 Å². The molecule has 0 radical (unpaired) electrons. The van der Waals surface area contributed by atoms with Crippen LogP contribution in [0.25, 0.3) is 0 Å². The van der Waals surface area contributed by atoms with Gasteiger partial charge >= 0.3 is 0 Å². The number of anilines is 1. The lowest BCUT2D eigenvalue weighted by Crippen LogP contribution is -2.41. The number of carbonyl (C=O) groups is 2. The highest BCUT2D eigenvalue weighted by Gasteiger charge is 2.18. The van der Waals surface area contributed by atoms with E-state index in [0.717, 1.165) is 11.3 Å². The maximum absolute atomic E-state index is 12.6. The first-order valence-corrected chi connectivity index (χ1v) is 8.36. The van der Waals surface area contributed by atoms with Crippen LogP contribution in [0.2, 0.25) is 0 Å². The van der Waals surface area contributed by atoms with Gasteiger partial charge in [-0.25, -0.2) is 0 Å². The molecule has 132 valence electrons. The molecule has 2 N–H and O–H groups in total. The number of amides is 2. The van der Waals surface area contributed by atoms with Gasteiger partial charge in [0.1, 0.15) is 5.69 Å². The molecule has 5 nitrogen and oxygen atoms in total. The van der Waals surface area contributed by atoms with Gasteiger partial charge in [0.2, 0.25) is 0 Å². The first kappa shape index (κ1) is 18.6. The Morgan fingerprint density at radius 3 is 2.36 bits per heavy atom. The van der Waals surface area contributed by atoms with Crippen molar-refractivity contribution in [2.24, 2.45) is 0 Å². The molecule has 25 heavy (non-hydrogen) atoms. The predicted octanol–water partition coefficient (Wildman–Crippen LogP) is 3.99. The van der Waals surface area contributed by atoms with E-state index in [9.17, 15) is 9.59 Å². The number of hydrogen-bond acceptors (Lipinski definition) is 3. The van der Waals surface area contributed by atoms with Gasteiger partial charge in [-0.2, -0.15) is 0 Å². The van der Waals surface area contributed by atoms with Crippen LogP contribution in [-0.4, -0.2) is 22.3 Å². The molecular weight excluding hydrogens is 314 g/mol. The van der Waals surface area contributed by atoms with Gasteiger partial charge in [-0.3, -0.25) is 14.6 Å². The van der Waals surface area contributed by atoms with Crippen molar-refractivity contribution < 1.29 is 9.59 Å². The van der Waals surface area contributed by atoms with Crippen LogP contribution >= 0.6 is 0 Å². The number of benzene rings is 1. The lowest BCUT2D eigenvalue weighted by molar-refractivity contribution is 0.0914. The van der Waals surface area contributed by atoms with E-state index in [1.165, 1.54) is 12.3 Å². The number of carbonyl (C=O) groups excluding carboxylic acids is 2. The first-order valence-electron chi connectivity index (χ1n) is 8.36. The van der Waals surface area contributed by atoms with Crippen LogP contribution in [0.1, 0.15) is 66.9 Å². The molecule has 0 bridgehead atoms. The molecule has 0 spiro atoms. The topological polar surface area (TPSA) is 71.1 Å². The Kier molecular flexibility index (Phi) is 5.57. The molecule has 0 saturated carbocycles. The molecule has 2 aromatic rings. The highest BCUT2D eigenvalue weighted by Crippen LogP contribution is 2.24. The third kappa shape index (κ3) is 5.14. The molecule has 1 aromatic carbocycles. The number of para-hydroxylation sites is 1.